The van der Waals surface area contributed by atoms with Crippen LogP contribution in [0.4, 0.5) is 0 Å². The van der Waals surface area contributed by atoms with Crippen molar-refractivity contribution in [3.8, 4) is 0 Å². The number of nitrogens with two attached hydrogens (primary N) is 1. The van der Waals surface area contributed by atoms with Crippen LogP contribution in [0, 0.1) is 5.41 Å². The number of amides is 1. The van der Waals surface area contributed by atoms with Crippen LogP contribution in [0.1, 0.15) is 53.4 Å². The number of carbonyl (C=O) groups is 1. The summed E-state index contributed by atoms with van der Waals surface area (Å²) < 4.78 is 0. The van der Waals surface area contributed by atoms with E-state index in [1.165, 1.54) is 0 Å². The fourth-order valence-corrected chi connectivity index (χ4v) is 2.47. The van der Waals surface area contributed by atoms with Crippen molar-refractivity contribution >= 4 is 11.7 Å². The Balaban J connectivity index is 5.46. The number of rotatable bonds is 8. The largest absolute Gasteiger partial charge is 0.409 e. The summed E-state index contributed by atoms with van der Waals surface area (Å²) in [5.41, 5.74) is 4.98. The Morgan fingerprint density at radius 2 is 1.61 bits per heavy atom. The van der Waals surface area contributed by atoms with Crippen molar-refractivity contribution in [1.82, 2.24) is 4.90 Å². The highest BCUT2D eigenvalue weighted by molar-refractivity contribution is 6.06. The van der Waals surface area contributed by atoms with E-state index < -0.39 is 5.41 Å². The molecule has 0 aliphatic rings. The Morgan fingerprint density at radius 1 is 1.17 bits per heavy atom. The third kappa shape index (κ3) is 3.37. The summed E-state index contributed by atoms with van der Waals surface area (Å²) in [5, 5.41) is 12.1. The van der Waals surface area contributed by atoms with Crippen molar-refractivity contribution < 1.29 is 10.0 Å². The summed E-state index contributed by atoms with van der Waals surface area (Å²) in [7, 11) is 0. The van der Waals surface area contributed by atoms with E-state index in [1.54, 1.807) is 4.90 Å². The van der Waals surface area contributed by atoms with Crippen molar-refractivity contribution in [2.75, 3.05) is 13.1 Å². The van der Waals surface area contributed by atoms with E-state index in [4.69, 9.17) is 10.9 Å². The van der Waals surface area contributed by atoms with Crippen LogP contribution in [0.25, 0.3) is 0 Å². The lowest BCUT2D eigenvalue weighted by Gasteiger charge is -2.35. The van der Waals surface area contributed by atoms with E-state index in [-0.39, 0.29) is 11.7 Å². The van der Waals surface area contributed by atoms with E-state index in [0.29, 0.717) is 25.9 Å². The van der Waals surface area contributed by atoms with Gasteiger partial charge in [-0.05, 0) is 26.7 Å². The van der Waals surface area contributed by atoms with Gasteiger partial charge in [0, 0.05) is 13.1 Å². The molecule has 0 aromatic carbocycles. The molecule has 5 nitrogen and oxygen atoms in total. The fraction of sp³-hybridized carbons (Fsp3) is 0.846. The zero-order valence-corrected chi connectivity index (χ0v) is 12.1. The summed E-state index contributed by atoms with van der Waals surface area (Å²) in [4.78, 5) is 14.4. The van der Waals surface area contributed by atoms with Gasteiger partial charge >= 0.3 is 0 Å². The second-order valence-electron chi connectivity index (χ2n) is 4.54. The lowest BCUT2D eigenvalue weighted by molar-refractivity contribution is -0.138. The van der Waals surface area contributed by atoms with Crippen LogP contribution in [-0.2, 0) is 4.79 Å². The van der Waals surface area contributed by atoms with Gasteiger partial charge in [0.05, 0.1) is 0 Å². The predicted molar refractivity (Wildman–Crippen MR) is 73.6 cm³/mol. The summed E-state index contributed by atoms with van der Waals surface area (Å²) in [6.45, 7) is 9.17. The van der Waals surface area contributed by atoms with Crippen molar-refractivity contribution in [2.24, 2.45) is 16.3 Å². The highest BCUT2D eigenvalue weighted by Gasteiger charge is 2.43. The first-order valence-electron chi connectivity index (χ1n) is 6.81. The second kappa shape index (κ2) is 7.95. The van der Waals surface area contributed by atoms with E-state index in [2.05, 4.69) is 5.16 Å². The Kier molecular flexibility index (Phi) is 7.39. The summed E-state index contributed by atoms with van der Waals surface area (Å²) >= 11 is 0. The van der Waals surface area contributed by atoms with E-state index in [9.17, 15) is 4.79 Å². The van der Waals surface area contributed by atoms with Crippen molar-refractivity contribution in [1.29, 1.82) is 0 Å². The van der Waals surface area contributed by atoms with Gasteiger partial charge in [0.2, 0.25) is 5.91 Å². The molecule has 0 atom stereocenters. The Hall–Kier alpha value is -1.26. The zero-order valence-electron chi connectivity index (χ0n) is 12.1. The molecule has 0 aromatic heterocycles. The smallest absolute Gasteiger partial charge is 0.236 e. The first-order chi connectivity index (χ1) is 8.53. The van der Waals surface area contributed by atoms with Gasteiger partial charge in [0.15, 0.2) is 5.84 Å². The number of nitrogens with zero attached hydrogens (tertiary/aromatic N) is 2. The minimum Gasteiger partial charge on any atom is -0.409 e. The maximum Gasteiger partial charge on any atom is 0.236 e. The number of hydrogen-bond acceptors (Lipinski definition) is 3. The quantitative estimate of drug-likeness (QED) is 0.303. The molecule has 0 aliphatic heterocycles. The molecule has 0 heterocycles. The lowest BCUT2D eigenvalue weighted by Crippen LogP contribution is -2.51. The van der Waals surface area contributed by atoms with E-state index in [0.717, 1.165) is 12.8 Å². The molecule has 106 valence electrons. The van der Waals surface area contributed by atoms with Crippen LogP contribution >= 0.6 is 0 Å². The molecule has 0 aromatic rings. The maximum atomic E-state index is 12.7. The molecular formula is C13H27N3O2. The highest BCUT2D eigenvalue weighted by atomic mass is 16.4. The molecule has 0 radical (unpaired) electrons. The van der Waals surface area contributed by atoms with Gasteiger partial charge in [0.1, 0.15) is 5.41 Å². The van der Waals surface area contributed by atoms with Gasteiger partial charge in [0.25, 0.3) is 0 Å². The summed E-state index contributed by atoms with van der Waals surface area (Å²) in [6, 6.07) is 0. The van der Waals surface area contributed by atoms with Gasteiger partial charge in [-0.2, -0.15) is 0 Å². The fourth-order valence-electron chi connectivity index (χ4n) is 2.47. The predicted octanol–water partition coefficient (Wildman–Crippen LogP) is 2.19. The van der Waals surface area contributed by atoms with Gasteiger partial charge in [-0.1, -0.05) is 31.8 Å². The third-order valence-electron chi connectivity index (χ3n) is 3.41. The summed E-state index contributed by atoms with van der Waals surface area (Å²) in [6.07, 6.45) is 2.88. The standard InChI is InChI=1S/C13H27N3O2/c1-5-9-13(10-6-2,11(14)15-18)12(17)16(7-3)8-4/h18H,5-10H2,1-4H3,(H2,14,15). The maximum absolute atomic E-state index is 12.7. The van der Waals surface area contributed by atoms with Crippen LogP contribution < -0.4 is 5.73 Å². The van der Waals surface area contributed by atoms with Crippen molar-refractivity contribution in [3.63, 3.8) is 0 Å². The first-order valence-corrected chi connectivity index (χ1v) is 6.81. The number of amidine groups is 1. The van der Waals surface area contributed by atoms with Crippen molar-refractivity contribution in [2.45, 2.75) is 53.4 Å². The molecule has 0 bridgehead atoms. The van der Waals surface area contributed by atoms with Crippen LogP contribution in [-0.4, -0.2) is 34.9 Å². The van der Waals surface area contributed by atoms with Gasteiger partial charge in [-0.3, -0.25) is 4.79 Å². The minimum atomic E-state index is -0.843. The lowest BCUT2D eigenvalue weighted by atomic mass is 9.76. The molecule has 0 fully saturated rings. The molecule has 1 amide bonds. The van der Waals surface area contributed by atoms with E-state index in [1.807, 2.05) is 27.7 Å². The molecule has 0 unspecified atom stereocenters. The summed E-state index contributed by atoms with van der Waals surface area (Å²) in [5.74, 6) is 0.0228. The van der Waals surface area contributed by atoms with Crippen molar-refractivity contribution in [3.05, 3.63) is 0 Å². The molecule has 0 rings (SSSR count). The minimum absolute atomic E-state index is 0.0218. The van der Waals surface area contributed by atoms with Crippen LogP contribution in [0.15, 0.2) is 5.16 Å². The second-order valence-corrected chi connectivity index (χ2v) is 4.54. The molecule has 3 N–H and O–H groups in total. The third-order valence-corrected chi connectivity index (χ3v) is 3.41. The van der Waals surface area contributed by atoms with Gasteiger partial charge in [-0.15, -0.1) is 0 Å². The Labute approximate surface area is 110 Å². The van der Waals surface area contributed by atoms with Gasteiger partial charge < -0.3 is 15.8 Å². The topological polar surface area (TPSA) is 78.9 Å². The normalized spacial score (nSPS) is 12.6. The highest BCUT2D eigenvalue weighted by Crippen LogP contribution is 2.32. The number of oxime groups is 1. The molecular weight excluding hydrogens is 230 g/mol. The first kappa shape index (κ1) is 16.7. The molecule has 5 heteroatoms. The Bertz CT molecular complexity index is 280. The number of hydrogen-bond donors (Lipinski definition) is 2. The molecule has 18 heavy (non-hydrogen) atoms. The average Bonchev–Trinajstić information content (AvgIpc) is 2.38. The average molecular weight is 257 g/mol. The molecule has 0 aliphatic carbocycles. The monoisotopic (exact) mass is 257 g/mol. The molecule has 0 saturated carbocycles. The van der Waals surface area contributed by atoms with Crippen LogP contribution in [0.5, 0.6) is 0 Å². The van der Waals surface area contributed by atoms with Crippen LogP contribution in [0.3, 0.4) is 0 Å². The number of carbonyl (C=O) groups excluding carboxylic acids is 1. The van der Waals surface area contributed by atoms with Gasteiger partial charge in [-0.25, -0.2) is 0 Å². The Morgan fingerprint density at radius 3 is 1.89 bits per heavy atom. The van der Waals surface area contributed by atoms with E-state index >= 15 is 0 Å². The van der Waals surface area contributed by atoms with Crippen LogP contribution in [0.2, 0.25) is 0 Å². The SMILES string of the molecule is CCCC(CCC)(C(=O)N(CC)CC)/C(N)=N/O. The zero-order chi connectivity index (χ0) is 14.2. The molecule has 0 saturated heterocycles. The molecule has 0 spiro atoms.